The largest absolute Gasteiger partial charge is 0.477 e. The lowest BCUT2D eigenvalue weighted by atomic mass is 10.1. The van der Waals surface area contributed by atoms with Gasteiger partial charge in [0.1, 0.15) is 5.56 Å². The van der Waals surface area contributed by atoms with E-state index in [1.165, 1.54) is 6.07 Å². The lowest BCUT2D eigenvalue weighted by Gasteiger charge is -2.00. The van der Waals surface area contributed by atoms with E-state index in [2.05, 4.69) is 21.6 Å². The second kappa shape index (κ2) is 5.92. The summed E-state index contributed by atoms with van der Waals surface area (Å²) in [7, 11) is 0. The molecule has 0 spiro atoms. The zero-order valence-electron chi connectivity index (χ0n) is 11.1. The van der Waals surface area contributed by atoms with Crippen molar-refractivity contribution in [3.8, 4) is 11.8 Å². The van der Waals surface area contributed by atoms with E-state index in [1.807, 2.05) is 0 Å². The molecule has 2 N–H and O–H groups in total. The number of esters is 1. The van der Waals surface area contributed by atoms with Gasteiger partial charge < -0.3 is 14.8 Å². The van der Waals surface area contributed by atoms with Crippen LogP contribution in [0.2, 0.25) is 0 Å². The summed E-state index contributed by atoms with van der Waals surface area (Å²) in [6, 6.07) is 4.65. The number of aromatic carboxylic acids is 1. The highest BCUT2D eigenvalue weighted by Gasteiger charge is 2.11. The Morgan fingerprint density at radius 3 is 2.81 bits per heavy atom. The molecule has 1 heterocycles. The fraction of sp³-hybridized carbons (Fsp3) is 0.133. The van der Waals surface area contributed by atoms with Gasteiger partial charge >= 0.3 is 11.9 Å². The number of carbonyl (C=O) groups is 2. The first-order valence-electron chi connectivity index (χ1n) is 6.10. The maximum atomic E-state index is 12.0. The molecule has 2 rings (SSSR count). The number of nitrogens with one attached hydrogen (secondary N) is 1. The topological polar surface area (TPSA) is 96.5 Å². The number of aromatic nitrogens is 1. The Kier molecular flexibility index (Phi) is 4.05. The van der Waals surface area contributed by atoms with Crippen LogP contribution in [0.15, 0.2) is 29.2 Å². The van der Waals surface area contributed by atoms with Gasteiger partial charge in [0.2, 0.25) is 5.43 Å². The molecule has 1 aromatic heterocycles. The predicted molar refractivity (Wildman–Crippen MR) is 75.0 cm³/mol. The van der Waals surface area contributed by atoms with E-state index in [4.69, 9.17) is 5.11 Å². The standard InChI is InChI=1S/C15H11NO5/c1-2-21-13(17)6-4-9-3-5-12-10(7-9)14(18)11(8-16-12)15(19)20/h3,5,7-8H,2H2,1H3,(H,16,18)(H,19,20). The predicted octanol–water partition coefficient (Wildman–Crippen LogP) is 1.14. The summed E-state index contributed by atoms with van der Waals surface area (Å²) in [5.74, 6) is 2.89. The average molecular weight is 285 g/mol. The van der Waals surface area contributed by atoms with Crippen LogP contribution in [0.4, 0.5) is 0 Å². The minimum Gasteiger partial charge on any atom is -0.477 e. The monoisotopic (exact) mass is 285 g/mol. The molecular weight excluding hydrogens is 274 g/mol. The SMILES string of the molecule is CCOC(=O)C#Cc1ccc2[nH]cc(C(=O)O)c(=O)c2c1. The third-order valence-electron chi connectivity index (χ3n) is 2.70. The van der Waals surface area contributed by atoms with Crippen LogP contribution in [0.3, 0.4) is 0 Å². The smallest absolute Gasteiger partial charge is 0.384 e. The lowest BCUT2D eigenvalue weighted by molar-refractivity contribution is -0.136. The third kappa shape index (κ3) is 3.09. The van der Waals surface area contributed by atoms with Crippen molar-refractivity contribution in [2.45, 2.75) is 6.92 Å². The van der Waals surface area contributed by atoms with Gasteiger partial charge in [-0.3, -0.25) is 4.79 Å². The molecule has 0 radical (unpaired) electrons. The molecule has 2 aromatic rings. The average Bonchev–Trinajstić information content (AvgIpc) is 2.45. The zero-order valence-corrected chi connectivity index (χ0v) is 11.1. The summed E-state index contributed by atoms with van der Waals surface area (Å²) in [6.45, 7) is 1.90. The molecule has 0 fully saturated rings. The van der Waals surface area contributed by atoms with Crippen LogP contribution < -0.4 is 5.43 Å². The number of benzene rings is 1. The van der Waals surface area contributed by atoms with E-state index in [-0.39, 0.29) is 17.6 Å². The van der Waals surface area contributed by atoms with Crippen molar-refractivity contribution in [2.75, 3.05) is 6.61 Å². The lowest BCUT2D eigenvalue weighted by Crippen LogP contribution is -2.15. The Balaban J connectivity index is 2.50. The van der Waals surface area contributed by atoms with Gasteiger partial charge in [-0.15, -0.1) is 0 Å². The van der Waals surface area contributed by atoms with Gasteiger partial charge in [-0.2, -0.15) is 0 Å². The normalized spacial score (nSPS) is 9.76. The molecule has 0 unspecified atom stereocenters. The Morgan fingerprint density at radius 2 is 2.14 bits per heavy atom. The highest BCUT2D eigenvalue weighted by Crippen LogP contribution is 2.10. The van der Waals surface area contributed by atoms with Crippen molar-refractivity contribution < 1.29 is 19.4 Å². The van der Waals surface area contributed by atoms with Crippen molar-refractivity contribution >= 4 is 22.8 Å². The summed E-state index contributed by atoms with van der Waals surface area (Å²) in [5.41, 5.74) is -0.0377. The summed E-state index contributed by atoms with van der Waals surface area (Å²) >= 11 is 0. The highest BCUT2D eigenvalue weighted by molar-refractivity contribution is 5.93. The number of fused-ring (bicyclic) bond motifs is 1. The molecule has 0 aliphatic rings. The Labute approximate surface area is 119 Å². The number of carbonyl (C=O) groups excluding carboxylic acids is 1. The van der Waals surface area contributed by atoms with Crippen LogP contribution in [0.25, 0.3) is 10.9 Å². The van der Waals surface area contributed by atoms with Crippen molar-refractivity contribution in [1.29, 1.82) is 0 Å². The second-order valence-electron chi connectivity index (χ2n) is 4.07. The Morgan fingerprint density at radius 1 is 1.38 bits per heavy atom. The Hall–Kier alpha value is -3.07. The molecule has 6 heteroatoms. The molecule has 0 amide bonds. The molecule has 0 saturated carbocycles. The molecular formula is C15H11NO5. The minimum atomic E-state index is -1.30. The van der Waals surface area contributed by atoms with E-state index >= 15 is 0 Å². The van der Waals surface area contributed by atoms with Gasteiger partial charge in [0.05, 0.1) is 6.61 Å². The van der Waals surface area contributed by atoms with Crippen molar-refractivity contribution in [3.05, 3.63) is 45.7 Å². The molecule has 1 aromatic carbocycles. The maximum absolute atomic E-state index is 12.0. The van der Waals surface area contributed by atoms with Crippen LogP contribution in [0, 0.1) is 11.8 Å². The van der Waals surface area contributed by atoms with Gasteiger partial charge in [-0.25, -0.2) is 9.59 Å². The third-order valence-corrected chi connectivity index (χ3v) is 2.70. The second-order valence-corrected chi connectivity index (χ2v) is 4.07. The Bertz CT molecular complexity index is 838. The number of H-pyrrole nitrogens is 1. The summed E-state index contributed by atoms with van der Waals surface area (Å²) in [6.07, 6.45) is 1.15. The molecule has 21 heavy (non-hydrogen) atoms. The zero-order chi connectivity index (χ0) is 15.4. The van der Waals surface area contributed by atoms with Crippen molar-refractivity contribution in [3.63, 3.8) is 0 Å². The van der Waals surface area contributed by atoms with E-state index in [9.17, 15) is 14.4 Å². The first-order chi connectivity index (χ1) is 10.0. The van der Waals surface area contributed by atoms with E-state index in [0.29, 0.717) is 11.1 Å². The molecule has 6 nitrogen and oxygen atoms in total. The van der Waals surface area contributed by atoms with Crippen LogP contribution >= 0.6 is 0 Å². The number of carboxylic acids is 1. The molecule has 0 saturated heterocycles. The molecule has 0 aliphatic heterocycles. The highest BCUT2D eigenvalue weighted by atomic mass is 16.5. The molecule has 0 aliphatic carbocycles. The maximum Gasteiger partial charge on any atom is 0.384 e. The first kappa shape index (κ1) is 14.3. The number of hydrogen-bond acceptors (Lipinski definition) is 4. The molecule has 0 atom stereocenters. The number of ether oxygens (including phenoxy) is 1. The fourth-order valence-electron chi connectivity index (χ4n) is 1.75. The van der Waals surface area contributed by atoms with Gasteiger partial charge in [0.25, 0.3) is 0 Å². The van der Waals surface area contributed by atoms with Crippen molar-refractivity contribution in [2.24, 2.45) is 0 Å². The summed E-state index contributed by atoms with van der Waals surface area (Å²) in [5, 5.41) is 9.12. The number of aromatic amines is 1. The van der Waals surface area contributed by atoms with E-state index < -0.39 is 17.4 Å². The fourth-order valence-corrected chi connectivity index (χ4v) is 1.75. The van der Waals surface area contributed by atoms with E-state index in [1.54, 1.807) is 19.1 Å². The summed E-state index contributed by atoms with van der Waals surface area (Å²) < 4.78 is 4.67. The molecule has 106 valence electrons. The van der Waals surface area contributed by atoms with Gasteiger partial charge in [0.15, 0.2) is 0 Å². The van der Waals surface area contributed by atoms with E-state index in [0.717, 1.165) is 6.20 Å². The van der Waals surface area contributed by atoms with Gasteiger partial charge in [-0.05, 0) is 25.1 Å². The van der Waals surface area contributed by atoms with Crippen molar-refractivity contribution in [1.82, 2.24) is 4.98 Å². The van der Waals surface area contributed by atoms with Gasteiger partial charge in [-0.1, -0.05) is 5.92 Å². The quantitative estimate of drug-likeness (QED) is 0.637. The first-order valence-corrected chi connectivity index (χ1v) is 6.10. The number of rotatable bonds is 2. The summed E-state index contributed by atoms with van der Waals surface area (Å²) in [4.78, 5) is 36.8. The van der Waals surface area contributed by atoms with Crippen LogP contribution in [-0.2, 0) is 9.53 Å². The molecule has 0 bridgehead atoms. The minimum absolute atomic E-state index is 0.200. The van der Waals surface area contributed by atoms with Crippen LogP contribution in [0.5, 0.6) is 0 Å². The number of carboxylic acid groups (broad SMARTS) is 1. The number of pyridine rings is 1. The van der Waals surface area contributed by atoms with Crippen LogP contribution in [0.1, 0.15) is 22.8 Å². The van der Waals surface area contributed by atoms with Crippen LogP contribution in [-0.4, -0.2) is 28.6 Å². The van der Waals surface area contributed by atoms with Gasteiger partial charge in [0, 0.05) is 28.6 Å². The number of hydrogen-bond donors (Lipinski definition) is 2.